The van der Waals surface area contributed by atoms with Crippen LogP contribution in [0, 0.1) is 27.7 Å². The lowest BCUT2D eigenvalue weighted by Crippen LogP contribution is -2.14. The van der Waals surface area contributed by atoms with Gasteiger partial charge < -0.3 is 4.74 Å². The van der Waals surface area contributed by atoms with Crippen LogP contribution < -0.4 is 10.3 Å². The quantitative estimate of drug-likeness (QED) is 0.901. The highest BCUT2D eigenvalue weighted by molar-refractivity contribution is 5.74. The van der Waals surface area contributed by atoms with Crippen LogP contribution in [-0.4, -0.2) is 17.3 Å². The van der Waals surface area contributed by atoms with Gasteiger partial charge in [0.05, 0.1) is 12.8 Å². The molecule has 2 aromatic rings. The first-order valence-electron chi connectivity index (χ1n) is 6.17. The number of aryl methyl sites for hydroxylation is 2. The fourth-order valence-corrected chi connectivity index (χ4v) is 2.26. The van der Waals surface area contributed by atoms with E-state index in [1.807, 2.05) is 26.8 Å². The first-order chi connectivity index (χ1) is 8.95. The summed E-state index contributed by atoms with van der Waals surface area (Å²) in [5.74, 6) is 0.777. The van der Waals surface area contributed by atoms with E-state index in [0.29, 0.717) is 5.56 Å². The second kappa shape index (κ2) is 4.88. The van der Waals surface area contributed by atoms with Crippen LogP contribution in [0.2, 0.25) is 0 Å². The second-order valence-corrected chi connectivity index (χ2v) is 4.81. The Hall–Kier alpha value is -2.10. The standard InChI is InChI=1S/C15H18N2O2/c1-8-6-9(2)13(12(7-8)19-5)14-10(3)11(4)15(18)17-16-14/h6-7H,1-5H3,(H,17,18). The highest BCUT2D eigenvalue weighted by atomic mass is 16.5. The molecular weight excluding hydrogens is 240 g/mol. The van der Waals surface area contributed by atoms with E-state index in [0.717, 1.165) is 33.7 Å². The van der Waals surface area contributed by atoms with Crippen molar-refractivity contribution >= 4 is 0 Å². The van der Waals surface area contributed by atoms with Gasteiger partial charge in [-0.2, -0.15) is 5.10 Å². The van der Waals surface area contributed by atoms with Gasteiger partial charge >= 0.3 is 0 Å². The average Bonchev–Trinajstić information content (AvgIpc) is 2.37. The summed E-state index contributed by atoms with van der Waals surface area (Å²) in [6, 6.07) is 4.06. The lowest BCUT2D eigenvalue weighted by atomic mass is 9.97. The highest BCUT2D eigenvalue weighted by Crippen LogP contribution is 2.34. The van der Waals surface area contributed by atoms with Crippen molar-refractivity contribution in [2.45, 2.75) is 27.7 Å². The fourth-order valence-electron chi connectivity index (χ4n) is 2.26. The average molecular weight is 258 g/mol. The molecule has 1 heterocycles. The summed E-state index contributed by atoms with van der Waals surface area (Å²) in [7, 11) is 1.64. The lowest BCUT2D eigenvalue weighted by molar-refractivity contribution is 0.415. The van der Waals surface area contributed by atoms with Crippen LogP contribution in [0.5, 0.6) is 5.75 Å². The molecule has 4 nitrogen and oxygen atoms in total. The largest absolute Gasteiger partial charge is 0.496 e. The summed E-state index contributed by atoms with van der Waals surface area (Å²) >= 11 is 0. The predicted octanol–water partition coefficient (Wildman–Crippen LogP) is 2.68. The number of aromatic amines is 1. The van der Waals surface area contributed by atoms with Crippen molar-refractivity contribution in [1.82, 2.24) is 10.2 Å². The minimum atomic E-state index is -0.148. The van der Waals surface area contributed by atoms with Gasteiger partial charge in [-0.3, -0.25) is 4.79 Å². The van der Waals surface area contributed by atoms with Gasteiger partial charge in [0.1, 0.15) is 5.75 Å². The molecule has 0 saturated carbocycles. The molecule has 0 spiro atoms. The smallest absolute Gasteiger partial charge is 0.267 e. The maximum Gasteiger partial charge on any atom is 0.267 e. The van der Waals surface area contributed by atoms with Gasteiger partial charge in [-0.1, -0.05) is 6.07 Å². The van der Waals surface area contributed by atoms with Crippen molar-refractivity contribution in [3.63, 3.8) is 0 Å². The number of hydrogen-bond acceptors (Lipinski definition) is 3. The number of nitrogens with one attached hydrogen (secondary N) is 1. The van der Waals surface area contributed by atoms with Crippen LogP contribution in [0.4, 0.5) is 0 Å². The Kier molecular flexibility index (Phi) is 3.42. The van der Waals surface area contributed by atoms with E-state index in [9.17, 15) is 4.79 Å². The number of hydrogen-bond donors (Lipinski definition) is 1. The molecule has 0 aliphatic heterocycles. The third kappa shape index (κ3) is 2.26. The van der Waals surface area contributed by atoms with Crippen LogP contribution in [0.3, 0.4) is 0 Å². The highest BCUT2D eigenvalue weighted by Gasteiger charge is 2.16. The summed E-state index contributed by atoms with van der Waals surface area (Å²) in [5.41, 5.74) is 5.35. The van der Waals surface area contributed by atoms with Crippen LogP contribution in [-0.2, 0) is 0 Å². The number of rotatable bonds is 2. The normalized spacial score (nSPS) is 10.6. The Morgan fingerprint density at radius 1 is 1.11 bits per heavy atom. The predicted molar refractivity (Wildman–Crippen MR) is 75.8 cm³/mol. The van der Waals surface area contributed by atoms with Gasteiger partial charge in [-0.25, -0.2) is 5.10 Å². The Morgan fingerprint density at radius 3 is 2.42 bits per heavy atom. The summed E-state index contributed by atoms with van der Waals surface area (Å²) in [6.07, 6.45) is 0. The van der Waals surface area contributed by atoms with Crippen molar-refractivity contribution in [2.75, 3.05) is 7.11 Å². The molecule has 0 amide bonds. The maximum absolute atomic E-state index is 11.6. The third-order valence-corrected chi connectivity index (χ3v) is 3.43. The summed E-state index contributed by atoms with van der Waals surface area (Å²) in [5, 5.41) is 6.73. The van der Waals surface area contributed by atoms with Gasteiger partial charge in [-0.15, -0.1) is 0 Å². The van der Waals surface area contributed by atoms with Crippen molar-refractivity contribution in [1.29, 1.82) is 0 Å². The van der Waals surface area contributed by atoms with E-state index in [2.05, 4.69) is 16.3 Å². The molecule has 1 aromatic carbocycles. The molecule has 1 N–H and O–H groups in total. The molecule has 0 bridgehead atoms. The maximum atomic E-state index is 11.6. The number of benzene rings is 1. The zero-order valence-corrected chi connectivity index (χ0v) is 11.9. The fraction of sp³-hybridized carbons (Fsp3) is 0.333. The second-order valence-electron chi connectivity index (χ2n) is 4.81. The molecule has 2 rings (SSSR count). The number of ether oxygens (including phenoxy) is 1. The Labute approximate surface area is 112 Å². The molecule has 0 unspecified atom stereocenters. The van der Waals surface area contributed by atoms with Gasteiger partial charge in [0.25, 0.3) is 5.56 Å². The zero-order chi connectivity index (χ0) is 14.2. The molecule has 19 heavy (non-hydrogen) atoms. The minimum Gasteiger partial charge on any atom is -0.496 e. The van der Waals surface area contributed by atoms with Gasteiger partial charge in [-0.05, 0) is 50.5 Å². The summed E-state index contributed by atoms with van der Waals surface area (Å²) in [6.45, 7) is 7.76. The van der Waals surface area contributed by atoms with Crippen molar-refractivity contribution < 1.29 is 4.74 Å². The number of aromatic nitrogens is 2. The zero-order valence-electron chi connectivity index (χ0n) is 11.9. The van der Waals surface area contributed by atoms with E-state index >= 15 is 0 Å². The molecule has 100 valence electrons. The van der Waals surface area contributed by atoms with E-state index < -0.39 is 0 Å². The molecule has 0 radical (unpaired) electrons. The SMILES string of the molecule is COc1cc(C)cc(C)c1-c1n[nH]c(=O)c(C)c1C. The molecule has 4 heteroatoms. The first-order valence-corrected chi connectivity index (χ1v) is 6.17. The van der Waals surface area contributed by atoms with E-state index in [4.69, 9.17) is 4.74 Å². The minimum absolute atomic E-state index is 0.148. The van der Waals surface area contributed by atoms with Crippen LogP contribution in [0.25, 0.3) is 11.3 Å². The molecular formula is C15H18N2O2. The number of methoxy groups -OCH3 is 1. The van der Waals surface area contributed by atoms with Gasteiger partial charge in [0, 0.05) is 11.1 Å². The van der Waals surface area contributed by atoms with Crippen molar-refractivity contribution in [3.8, 4) is 17.0 Å². The Bertz CT molecular complexity index is 687. The molecule has 1 aromatic heterocycles. The van der Waals surface area contributed by atoms with Crippen LogP contribution in [0.15, 0.2) is 16.9 Å². The first kappa shape index (κ1) is 13.3. The van der Waals surface area contributed by atoms with Crippen molar-refractivity contribution in [2.24, 2.45) is 0 Å². The Morgan fingerprint density at radius 2 is 1.79 bits per heavy atom. The molecule has 0 aliphatic rings. The van der Waals surface area contributed by atoms with Crippen LogP contribution in [0.1, 0.15) is 22.3 Å². The van der Waals surface area contributed by atoms with Gasteiger partial charge in [0.15, 0.2) is 0 Å². The third-order valence-electron chi connectivity index (χ3n) is 3.43. The molecule has 0 fully saturated rings. The van der Waals surface area contributed by atoms with E-state index in [1.165, 1.54) is 0 Å². The van der Waals surface area contributed by atoms with Crippen molar-refractivity contribution in [3.05, 3.63) is 44.7 Å². The number of H-pyrrole nitrogens is 1. The van der Waals surface area contributed by atoms with E-state index in [-0.39, 0.29) is 5.56 Å². The molecule has 0 atom stereocenters. The topological polar surface area (TPSA) is 55.0 Å². The summed E-state index contributed by atoms with van der Waals surface area (Å²) < 4.78 is 5.45. The molecule has 0 aliphatic carbocycles. The molecule has 0 saturated heterocycles. The summed E-state index contributed by atoms with van der Waals surface area (Å²) in [4.78, 5) is 11.6. The van der Waals surface area contributed by atoms with Gasteiger partial charge in [0.2, 0.25) is 0 Å². The Balaban J connectivity index is 2.79. The number of nitrogens with zero attached hydrogens (tertiary/aromatic N) is 1. The van der Waals surface area contributed by atoms with E-state index in [1.54, 1.807) is 14.0 Å². The lowest BCUT2D eigenvalue weighted by Gasteiger charge is -2.14. The van der Waals surface area contributed by atoms with Crippen LogP contribution >= 0.6 is 0 Å². The monoisotopic (exact) mass is 258 g/mol.